The van der Waals surface area contributed by atoms with E-state index in [1.165, 1.54) is 0 Å². The predicted octanol–water partition coefficient (Wildman–Crippen LogP) is 0.981. The third-order valence-electron chi connectivity index (χ3n) is 2.17. The van der Waals surface area contributed by atoms with Gasteiger partial charge in [0.05, 0.1) is 16.7 Å². The Morgan fingerprint density at radius 1 is 1.50 bits per heavy atom. The molecule has 1 heterocycles. The van der Waals surface area contributed by atoms with Gasteiger partial charge >= 0.3 is 0 Å². The molecule has 4 nitrogen and oxygen atoms in total. The van der Waals surface area contributed by atoms with Crippen molar-refractivity contribution in [3.63, 3.8) is 0 Å². The zero-order valence-electron chi connectivity index (χ0n) is 8.38. The predicted molar refractivity (Wildman–Crippen MR) is 56.9 cm³/mol. The number of aromatic nitrogens is 2. The van der Waals surface area contributed by atoms with Gasteiger partial charge in [0.2, 0.25) is 0 Å². The molecular weight excluding hydrogens is 198 g/mol. The molecule has 0 saturated carbocycles. The Kier molecular flexibility index (Phi) is 4.16. The topological polar surface area (TPSA) is 68.9 Å². The van der Waals surface area contributed by atoms with E-state index in [1.807, 2.05) is 13.8 Å². The standard InChI is InChI=1S/C9H15N3OS/c1-7(5-8(2)14(10)13)9-6-11-3-4-12-9/h3-4,6-8H,5,10H2,1-2H3/t7-,8?,14?/m0/s1. The summed E-state index contributed by atoms with van der Waals surface area (Å²) in [6, 6.07) is 0. The molecule has 0 radical (unpaired) electrons. The number of hydrogen-bond donors (Lipinski definition) is 1. The van der Waals surface area contributed by atoms with Crippen LogP contribution in [0.5, 0.6) is 0 Å². The molecule has 3 atom stereocenters. The molecule has 1 rings (SSSR count). The summed E-state index contributed by atoms with van der Waals surface area (Å²) in [5.74, 6) is 0.242. The molecule has 0 amide bonds. The van der Waals surface area contributed by atoms with E-state index < -0.39 is 11.0 Å². The Morgan fingerprint density at radius 3 is 2.71 bits per heavy atom. The van der Waals surface area contributed by atoms with E-state index in [2.05, 4.69) is 9.97 Å². The summed E-state index contributed by atoms with van der Waals surface area (Å²) in [4.78, 5) is 8.18. The van der Waals surface area contributed by atoms with E-state index in [1.54, 1.807) is 18.6 Å². The molecular formula is C9H15N3OS. The first-order valence-corrected chi connectivity index (χ1v) is 5.79. The monoisotopic (exact) mass is 213 g/mol. The van der Waals surface area contributed by atoms with Gasteiger partial charge < -0.3 is 0 Å². The quantitative estimate of drug-likeness (QED) is 0.810. The molecule has 78 valence electrons. The maximum Gasteiger partial charge on any atom is 0.0917 e. The van der Waals surface area contributed by atoms with Gasteiger partial charge in [0.15, 0.2) is 0 Å². The van der Waals surface area contributed by atoms with Crippen molar-refractivity contribution >= 4 is 11.0 Å². The molecule has 0 bridgehead atoms. The average Bonchev–Trinajstić information content (AvgIpc) is 2.19. The molecule has 1 aromatic rings. The number of rotatable bonds is 4. The molecule has 0 aliphatic heterocycles. The van der Waals surface area contributed by atoms with Crippen LogP contribution in [0, 0.1) is 0 Å². The number of hydrogen-bond acceptors (Lipinski definition) is 3. The molecule has 0 spiro atoms. The minimum absolute atomic E-state index is 0.00740. The summed E-state index contributed by atoms with van der Waals surface area (Å²) in [5, 5.41) is 5.29. The molecule has 0 saturated heterocycles. The fourth-order valence-electron chi connectivity index (χ4n) is 1.28. The Hall–Kier alpha value is -0.810. The molecule has 1 aromatic heterocycles. The van der Waals surface area contributed by atoms with Crippen LogP contribution in [-0.4, -0.2) is 19.4 Å². The van der Waals surface area contributed by atoms with Crippen molar-refractivity contribution in [1.82, 2.24) is 9.97 Å². The van der Waals surface area contributed by atoms with Crippen molar-refractivity contribution in [2.24, 2.45) is 5.14 Å². The van der Waals surface area contributed by atoms with Gasteiger partial charge in [-0.05, 0) is 13.3 Å². The fraction of sp³-hybridized carbons (Fsp3) is 0.556. The van der Waals surface area contributed by atoms with Gasteiger partial charge in [0, 0.05) is 29.8 Å². The van der Waals surface area contributed by atoms with Gasteiger partial charge in [0.25, 0.3) is 0 Å². The first-order chi connectivity index (χ1) is 6.61. The maximum atomic E-state index is 11.0. The Balaban J connectivity index is 2.59. The Morgan fingerprint density at radius 2 is 2.21 bits per heavy atom. The van der Waals surface area contributed by atoms with Crippen LogP contribution in [-0.2, 0) is 11.0 Å². The normalized spacial score (nSPS) is 17.4. The van der Waals surface area contributed by atoms with Crippen molar-refractivity contribution in [3.8, 4) is 0 Å². The third-order valence-corrected chi connectivity index (χ3v) is 3.16. The summed E-state index contributed by atoms with van der Waals surface area (Å²) < 4.78 is 11.0. The molecule has 0 aliphatic rings. The summed E-state index contributed by atoms with van der Waals surface area (Å²) in [5.41, 5.74) is 0.921. The largest absolute Gasteiger partial charge is 0.261 e. The second-order valence-corrected chi connectivity index (χ2v) is 4.87. The minimum atomic E-state index is -1.25. The first-order valence-electron chi connectivity index (χ1n) is 4.52. The van der Waals surface area contributed by atoms with Crippen LogP contribution in [0.1, 0.15) is 31.9 Å². The second-order valence-electron chi connectivity index (χ2n) is 3.41. The molecule has 0 aliphatic carbocycles. The highest BCUT2D eigenvalue weighted by Gasteiger charge is 2.14. The summed E-state index contributed by atoms with van der Waals surface area (Å²) in [7, 11) is -1.25. The van der Waals surface area contributed by atoms with Crippen LogP contribution in [0.15, 0.2) is 18.6 Å². The van der Waals surface area contributed by atoms with Gasteiger partial charge in [-0.25, -0.2) is 4.21 Å². The van der Waals surface area contributed by atoms with Crippen LogP contribution < -0.4 is 5.14 Å². The lowest BCUT2D eigenvalue weighted by Gasteiger charge is -2.13. The van der Waals surface area contributed by atoms with Crippen LogP contribution in [0.2, 0.25) is 0 Å². The second kappa shape index (κ2) is 5.17. The highest BCUT2D eigenvalue weighted by Crippen LogP contribution is 2.18. The first kappa shape index (κ1) is 11.3. The highest BCUT2D eigenvalue weighted by atomic mass is 32.2. The smallest absolute Gasteiger partial charge is 0.0917 e. The van der Waals surface area contributed by atoms with Crippen LogP contribution in [0.4, 0.5) is 0 Å². The number of nitrogens with two attached hydrogens (primary N) is 1. The van der Waals surface area contributed by atoms with Gasteiger partial charge in [-0.1, -0.05) is 6.92 Å². The Bertz CT molecular complexity index is 304. The van der Waals surface area contributed by atoms with Gasteiger partial charge in [0.1, 0.15) is 0 Å². The van der Waals surface area contributed by atoms with Crippen LogP contribution in [0.25, 0.3) is 0 Å². The van der Waals surface area contributed by atoms with Crippen molar-refractivity contribution in [2.45, 2.75) is 31.4 Å². The molecule has 5 heteroatoms. The molecule has 2 unspecified atom stereocenters. The van der Waals surface area contributed by atoms with E-state index in [-0.39, 0.29) is 11.2 Å². The molecule has 2 N–H and O–H groups in total. The SMILES string of the molecule is CC(C[C@H](C)c1cnccn1)S(N)=O. The van der Waals surface area contributed by atoms with Crippen LogP contribution in [0.3, 0.4) is 0 Å². The third kappa shape index (κ3) is 3.16. The van der Waals surface area contributed by atoms with E-state index in [4.69, 9.17) is 5.14 Å². The zero-order chi connectivity index (χ0) is 10.6. The Labute approximate surface area is 86.5 Å². The van der Waals surface area contributed by atoms with Gasteiger partial charge in [-0.2, -0.15) is 0 Å². The van der Waals surface area contributed by atoms with Gasteiger partial charge in [-0.3, -0.25) is 15.1 Å². The van der Waals surface area contributed by atoms with Crippen LogP contribution >= 0.6 is 0 Å². The summed E-state index contributed by atoms with van der Waals surface area (Å²) >= 11 is 0. The number of nitrogens with zero attached hydrogens (tertiary/aromatic N) is 2. The minimum Gasteiger partial charge on any atom is -0.261 e. The van der Waals surface area contributed by atoms with E-state index in [0.29, 0.717) is 0 Å². The lowest BCUT2D eigenvalue weighted by molar-refractivity contribution is 0.624. The molecule has 0 fully saturated rings. The van der Waals surface area contributed by atoms with Crippen molar-refractivity contribution in [2.75, 3.05) is 0 Å². The fourth-order valence-corrected chi connectivity index (χ4v) is 1.76. The molecule has 14 heavy (non-hydrogen) atoms. The maximum absolute atomic E-state index is 11.0. The average molecular weight is 213 g/mol. The summed E-state index contributed by atoms with van der Waals surface area (Å²) in [6.07, 6.45) is 5.80. The van der Waals surface area contributed by atoms with E-state index in [9.17, 15) is 4.21 Å². The van der Waals surface area contributed by atoms with Gasteiger partial charge in [-0.15, -0.1) is 0 Å². The van der Waals surface area contributed by atoms with E-state index >= 15 is 0 Å². The highest BCUT2D eigenvalue weighted by molar-refractivity contribution is 7.83. The summed E-state index contributed by atoms with van der Waals surface area (Å²) in [6.45, 7) is 3.91. The van der Waals surface area contributed by atoms with E-state index in [0.717, 1.165) is 12.1 Å². The lowest BCUT2D eigenvalue weighted by atomic mass is 10.0. The van der Waals surface area contributed by atoms with Crippen molar-refractivity contribution in [3.05, 3.63) is 24.3 Å². The van der Waals surface area contributed by atoms with Crippen molar-refractivity contribution < 1.29 is 4.21 Å². The molecule has 0 aromatic carbocycles. The van der Waals surface area contributed by atoms with Crippen molar-refractivity contribution in [1.29, 1.82) is 0 Å². The lowest BCUT2D eigenvalue weighted by Crippen LogP contribution is -2.20. The zero-order valence-corrected chi connectivity index (χ0v) is 9.20.